The van der Waals surface area contributed by atoms with Gasteiger partial charge in [-0.05, 0) is 19.3 Å². The Morgan fingerprint density at radius 1 is 1.27 bits per heavy atom. The normalized spacial score (nSPS) is 11.6. The van der Waals surface area contributed by atoms with E-state index in [1.165, 1.54) is 0 Å². The van der Waals surface area contributed by atoms with Gasteiger partial charge < -0.3 is 9.47 Å². The smallest absolute Gasteiger partial charge is 0.160 e. The Kier molecular flexibility index (Phi) is 8.12. The molecule has 0 amide bonds. The highest BCUT2D eigenvalue weighted by Crippen LogP contribution is 2.02. The maximum atomic E-state index is 5.28. The lowest BCUT2D eigenvalue weighted by Crippen LogP contribution is -2.16. The van der Waals surface area contributed by atoms with Crippen LogP contribution in [0.15, 0.2) is 11.5 Å². The highest BCUT2D eigenvalue weighted by molar-refractivity contribution is 7.83. The van der Waals surface area contributed by atoms with Crippen LogP contribution in [-0.2, 0) is 9.47 Å². The van der Waals surface area contributed by atoms with Crippen LogP contribution >= 0.6 is 12.6 Å². The lowest BCUT2D eigenvalue weighted by molar-refractivity contribution is -0.133. The van der Waals surface area contributed by atoms with Crippen molar-refractivity contribution in [3.8, 4) is 0 Å². The summed E-state index contributed by atoms with van der Waals surface area (Å²) in [5, 5.41) is 1.70. The number of hydrogen-bond acceptors (Lipinski definition) is 3. The minimum atomic E-state index is -0.103. The molecule has 0 rings (SSSR count). The summed E-state index contributed by atoms with van der Waals surface area (Å²) in [6.07, 6.45) is 2.58. The molecule has 0 saturated heterocycles. The van der Waals surface area contributed by atoms with Crippen LogP contribution in [0.5, 0.6) is 0 Å². The molecule has 0 aromatic rings. The van der Waals surface area contributed by atoms with Crippen LogP contribution in [0, 0.1) is 0 Å². The molecule has 0 radical (unpaired) electrons. The summed E-state index contributed by atoms with van der Waals surface area (Å²) in [6, 6.07) is 0. The molecule has 0 fully saturated rings. The maximum Gasteiger partial charge on any atom is 0.160 e. The van der Waals surface area contributed by atoms with Gasteiger partial charge >= 0.3 is 0 Å². The zero-order chi connectivity index (χ0) is 8.53. The lowest BCUT2D eigenvalue weighted by Gasteiger charge is -2.14. The molecule has 0 bridgehead atoms. The number of thiol groups is 1. The van der Waals surface area contributed by atoms with Crippen molar-refractivity contribution >= 4 is 12.6 Å². The largest absolute Gasteiger partial charge is 0.353 e. The third-order valence-corrected chi connectivity index (χ3v) is 1.35. The van der Waals surface area contributed by atoms with E-state index < -0.39 is 0 Å². The zero-order valence-electron chi connectivity index (χ0n) is 7.12. The van der Waals surface area contributed by atoms with Gasteiger partial charge in [0.05, 0.1) is 0 Å². The van der Waals surface area contributed by atoms with Gasteiger partial charge in [-0.1, -0.05) is 6.08 Å². The molecule has 0 aliphatic carbocycles. The van der Waals surface area contributed by atoms with Crippen LogP contribution in [0.25, 0.3) is 0 Å². The van der Waals surface area contributed by atoms with E-state index in [2.05, 4.69) is 12.6 Å². The predicted octanol–water partition coefficient (Wildman–Crippen LogP) is 2.22. The third-order valence-electron chi connectivity index (χ3n) is 1.14. The van der Waals surface area contributed by atoms with Crippen LogP contribution in [0.2, 0.25) is 0 Å². The van der Waals surface area contributed by atoms with Crippen LogP contribution in [0.4, 0.5) is 0 Å². The van der Waals surface area contributed by atoms with Gasteiger partial charge in [-0.2, -0.15) is 12.6 Å². The maximum absolute atomic E-state index is 5.28. The Balaban J connectivity index is 3.50. The Labute approximate surface area is 74.0 Å². The van der Waals surface area contributed by atoms with Gasteiger partial charge in [0, 0.05) is 19.6 Å². The molecule has 0 saturated carbocycles. The first kappa shape index (κ1) is 11.0. The zero-order valence-corrected chi connectivity index (χ0v) is 8.01. The van der Waals surface area contributed by atoms with Crippen molar-refractivity contribution in [1.29, 1.82) is 0 Å². The Morgan fingerprint density at radius 2 is 1.82 bits per heavy atom. The second-order valence-corrected chi connectivity index (χ2v) is 2.26. The molecular weight excluding hydrogens is 160 g/mol. The van der Waals surface area contributed by atoms with E-state index in [4.69, 9.17) is 9.47 Å². The molecule has 0 aliphatic rings. The van der Waals surface area contributed by atoms with Crippen LogP contribution < -0.4 is 0 Å². The second-order valence-electron chi connectivity index (χ2n) is 1.96. The fourth-order valence-electron chi connectivity index (χ4n) is 0.728. The number of hydrogen-bond donors (Lipinski definition) is 1. The first-order chi connectivity index (χ1) is 5.35. The third kappa shape index (κ3) is 6.41. The van der Waals surface area contributed by atoms with Gasteiger partial charge in [-0.3, -0.25) is 0 Å². The Bertz CT molecular complexity index is 98.3. The summed E-state index contributed by atoms with van der Waals surface area (Å²) in [6.45, 7) is 5.28. The Hall–Kier alpha value is 0.01000. The van der Waals surface area contributed by atoms with Gasteiger partial charge in [0.25, 0.3) is 0 Å². The standard InChI is InChI=1S/C8H16O2S/c1-3-9-8(10-4-2)6-5-7-11/h5,7-8,11H,3-4,6H2,1-2H3/b7-5+. The van der Waals surface area contributed by atoms with E-state index in [0.29, 0.717) is 13.2 Å². The van der Waals surface area contributed by atoms with E-state index in [-0.39, 0.29) is 6.29 Å². The van der Waals surface area contributed by atoms with Crippen LogP contribution in [-0.4, -0.2) is 19.5 Å². The summed E-state index contributed by atoms with van der Waals surface area (Å²) in [5.41, 5.74) is 0. The summed E-state index contributed by atoms with van der Waals surface area (Å²) < 4.78 is 10.6. The molecule has 0 atom stereocenters. The monoisotopic (exact) mass is 176 g/mol. The first-order valence-corrected chi connectivity index (χ1v) is 4.39. The quantitative estimate of drug-likeness (QED) is 0.494. The van der Waals surface area contributed by atoms with Gasteiger partial charge in [0.1, 0.15) is 0 Å². The van der Waals surface area contributed by atoms with Gasteiger partial charge in [0.15, 0.2) is 6.29 Å². The molecule has 0 aromatic carbocycles. The molecular formula is C8H16O2S. The molecule has 0 aromatic heterocycles. The summed E-state index contributed by atoms with van der Waals surface area (Å²) in [7, 11) is 0. The number of rotatable bonds is 6. The summed E-state index contributed by atoms with van der Waals surface area (Å²) in [4.78, 5) is 0. The summed E-state index contributed by atoms with van der Waals surface area (Å²) in [5.74, 6) is 0. The molecule has 3 heteroatoms. The van der Waals surface area contributed by atoms with Crippen molar-refractivity contribution in [2.24, 2.45) is 0 Å². The highest BCUT2D eigenvalue weighted by Gasteiger charge is 2.03. The minimum absolute atomic E-state index is 0.103. The van der Waals surface area contributed by atoms with Gasteiger partial charge in [0.2, 0.25) is 0 Å². The molecule has 0 N–H and O–H groups in total. The number of ether oxygens (including phenoxy) is 2. The molecule has 0 spiro atoms. The molecule has 0 heterocycles. The first-order valence-electron chi connectivity index (χ1n) is 3.87. The fourth-order valence-corrected chi connectivity index (χ4v) is 0.850. The average Bonchev–Trinajstić information content (AvgIpc) is 2.01. The summed E-state index contributed by atoms with van der Waals surface area (Å²) >= 11 is 3.94. The fraction of sp³-hybridized carbons (Fsp3) is 0.750. The van der Waals surface area contributed by atoms with Crippen molar-refractivity contribution in [2.45, 2.75) is 26.6 Å². The van der Waals surface area contributed by atoms with E-state index in [0.717, 1.165) is 6.42 Å². The van der Waals surface area contributed by atoms with Crippen molar-refractivity contribution < 1.29 is 9.47 Å². The molecule has 11 heavy (non-hydrogen) atoms. The Morgan fingerprint density at radius 3 is 2.18 bits per heavy atom. The molecule has 0 aliphatic heterocycles. The lowest BCUT2D eigenvalue weighted by atomic mass is 10.4. The van der Waals surface area contributed by atoms with Gasteiger partial charge in [-0.25, -0.2) is 0 Å². The van der Waals surface area contributed by atoms with E-state index in [9.17, 15) is 0 Å². The second kappa shape index (κ2) is 8.11. The molecule has 2 nitrogen and oxygen atoms in total. The average molecular weight is 176 g/mol. The minimum Gasteiger partial charge on any atom is -0.353 e. The van der Waals surface area contributed by atoms with Crippen LogP contribution in [0.3, 0.4) is 0 Å². The van der Waals surface area contributed by atoms with E-state index >= 15 is 0 Å². The van der Waals surface area contributed by atoms with Crippen molar-refractivity contribution in [1.82, 2.24) is 0 Å². The van der Waals surface area contributed by atoms with Crippen molar-refractivity contribution in [3.63, 3.8) is 0 Å². The molecule has 66 valence electrons. The van der Waals surface area contributed by atoms with Gasteiger partial charge in [-0.15, -0.1) is 0 Å². The topological polar surface area (TPSA) is 18.5 Å². The van der Waals surface area contributed by atoms with Crippen molar-refractivity contribution in [2.75, 3.05) is 13.2 Å². The van der Waals surface area contributed by atoms with Crippen molar-refractivity contribution in [3.05, 3.63) is 11.5 Å². The SMILES string of the molecule is CCOC(C/C=C/S)OCC. The van der Waals surface area contributed by atoms with Crippen LogP contribution in [0.1, 0.15) is 20.3 Å². The predicted molar refractivity (Wildman–Crippen MR) is 49.8 cm³/mol. The highest BCUT2D eigenvalue weighted by atomic mass is 32.1. The van der Waals surface area contributed by atoms with E-state index in [1.807, 2.05) is 19.9 Å². The molecule has 0 unspecified atom stereocenters. The van der Waals surface area contributed by atoms with E-state index in [1.54, 1.807) is 5.41 Å².